The highest BCUT2D eigenvalue weighted by Crippen LogP contribution is 2.23. The highest BCUT2D eigenvalue weighted by molar-refractivity contribution is 7.17. The molecule has 0 bridgehead atoms. The van der Waals surface area contributed by atoms with E-state index in [1.807, 2.05) is 0 Å². The van der Waals surface area contributed by atoms with Crippen molar-refractivity contribution in [3.05, 3.63) is 10.6 Å². The second-order valence-corrected chi connectivity index (χ2v) is 5.07. The van der Waals surface area contributed by atoms with E-state index in [0.29, 0.717) is 28.9 Å². The van der Waals surface area contributed by atoms with E-state index in [2.05, 4.69) is 20.4 Å². The number of hydrogen-bond acceptors (Lipinski definition) is 7. The lowest BCUT2D eigenvalue weighted by Crippen LogP contribution is -2.39. The molecular weight excluding hydrogens is 282 g/mol. The van der Waals surface area contributed by atoms with Crippen LogP contribution in [0.15, 0.2) is 0 Å². The van der Waals surface area contributed by atoms with E-state index in [1.165, 1.54) is 7.11 Å². The Morgan fingerprint density at radius 3 is 2.70 bits per heavy atom. The SMILES string of the molecule is COCCNC(=O)C(C)Nc1nc(C)c(C(=O)OC)s1. The summed E-state index contributed by atoms with van der Waals surface area (Å²) in [4.78, 5) is 27.9. The summed E-state index contributed by atoms with van der Waals surface area (Å²) in [6.45, 7) is 4.35. The van der Waals surface area contributed by atoms with Gasteiger partial charge in [0.1, 0.15) is 10.9 Å². The molecule has 0 aliphatic rings. The van der Waals surface area contributed by atoms with E-state index in [1.54, 1.807) is 21.0 Å². The molecule has 1 aromatic heterocycles. The summed E-state index contributed by atoms with van der Waals surface area (Å²) in [6, 6.07) is -0.456. The fourth-order valence-electron chi connectivity index (χ4n) is 1.42. The standard InChI is InChI=1S/C12H19N3O4S/c1-7-9(11(17)19-4)20-12(14-7)15-8(2)10(16)13-5-6-18-3/h8H,5-6H2,1-4H3,(H,13,16)(H,14,15). The van der Waals surface area contributed by atoms with Crippen molar-refractivity contribution >= 4 is 28.3 Å². The molecule has 112 valence electrons. The molecule has 0 aromatic carbocycles. The number of hydrogen-bond donors (Lipinski definition) is 2. The van der Waals surface area contributed by atoms with Gasteiger partial charge in [-0.2, -0.15) is 0 Å². The average Bonchev–Trinajstić information content (AvgIpc) is 2.78. The zero-order valence-corrected chi connectivity index (χ0v) is 12.8. The van der Waals surface area contributed by atoms with E-state index in [4.69, 9.17) is 4.74 Å². The molecule has 0 saturated carbocycles. The maximum atomic E-state index is 11.8. The minimum Gasteiger partial charge on any atom is -0.465 e. The number of carbonyl (C=O) groups excluding carboxylic acids is 2. The Hall–Kier alpha value is -1.67. The Bertz CT molecular complexity index is 475. The van der Waals surface area contributed by atoms with Crippen LogP contribution in [0.1, 0.15) is 22.3 Å². The molecule has 0 saturated heterocycles. The number of anilines is 1. The molecule has 1 atom stereocenters. The number of nitrogens with zero attached hydrogens (tertiary/aromatic N) is 1. The topological polar surface area (TPSA) is 89.5 Å². The lowest BCUT2D eigenvalue weighted by Gasteiger charge is -2.12. The normalized spacial score (nSPS) is 11.8. The van der Waals surface area contributed by atoms with Gasteiger partial charge in [-0.1, -0.05) is 11.3 Å². The zero-order valence-electron chi connectivity index (χ0n) is 12.0. The van der Waals surface area contributed by atoms with Crippen LogP contribution in [0.4, 0.5) is 5.13 Å². The number of methoxy groups -OCH3 is 2. The van der Waals surface area contributed by atoms with Crippen LogP contribution in [0.5, 0.6) is 0 Å². The molecule has 1 unspecified atom stereocenters. The van der Waals surface area contributed by atoms with Gasteiger partial charge in [0.25, 0.3) is 0 Å². The first-order valence-electron chi connectivity index (χ1n) is 6.08. The van der Waals surface area contributed by atoms with Crippen molar-refractivity contribution in [3.8, 4) is 0 Å². The van der Waals surface area contributed by atoms with Crippen LogP contribution < -0.4 is 10.6 Å². The molecule has 0 radical (unpaired) electrons. The average molecular weight is 301 g/mol. The van der Waals surface area contributed by atoms with E-state index >= 15 is 0 Å². The molecule has 1 heterocycles. The number of rotatable bonds is 7. The van der Waals surface area contributed by atoms with Gasteiger partial charge >= 0.3 is 5.97 Å². The molecule has 1 aromatic rings. The Morgan fingerprint density at radius 1 is 1.40 bits per heavy atom. The number of esters is 1. The highest BCUT2D eigenvalue weighted by Gasteiger charge is 2.18. The molecule has 0 spiro atoms. The fraction of sp³-hybridized carbons (Fsp3) is 0.583. The van der Waals surface area contributed by atoms with E-state index in [0.717, 1.165) is 11.3 Å². The van der Waals surface area contributed by atoms with Crippen LogP contribution in [0.25, 0.3) is 0 Å². The van der Waals surface area contributed by atoms with Crippen molar-refractivity contribution in [1.29, 1.82) is 0 Å². The van der Waals surface area contributed by atoms with Crippen molar-refractivity contribution in [1.82, 2.24) is 10.3 Å². The summed E-state index contributed by atoms with van der Waals surface area (Å²) in [6.07, 6.45) is 0. The van der Waals surface area contributed by atoms with Crippen LogP contribution in [0.2, 0.25) is 0 Å². The van der Waals surface area contributed by atoms with Crippen LogP contribution in [-0.2, 0) is 14.3 Å². The van der Waals surface area contributed by atoms with E-state index < -0.39 is 12.0 Å². The molecule has 1 rings (SSSR count). The minimum atomic E-state index is -0.456. The smallest absolute Gasteiger partial charge is 0.350 e. The third kappa shape index (κ3) is 4.46. The van der Waals surface area contributed by atoms with Crippen molar-refractivity contribution in [2.24, 2.45) is 0 Å². The van der Waals surface area contributed by atoms with Gasteiger partial charge in [0.05, 0.1) is 19.4 Å². The first kappa shape index (κ1) is 16.4. The summed E-state index contributed by atoms with van der Waals surface area (Å²) >= 11 is 1.16. The Labute approximate surface area is 121 Å². The summed E-state index contributed by atoms with van der Waals surface area (Å²) in [7, 11) is 2.89. The Morgan fingerprint density at radius 2 is 2.10 bits per heavy atom. The van der Waals surface area contributed by atoms with Crippen LogP contribution in [0, 0.1) is 6.92 Å². The summed E-state index contributed by atoms with van der Waals surface area (Å²) in [5, 5.41) is 6.18. The second-order valence-electron chi connectivity index (χ2n) is 4.07. The van der Waals surface area contributed by atoms with E-state index in [9.17, 15) is 9.59 Å². The van der Waals surface area contributed by atoms with Gasteiger partial charge in [-0.3, -0.25) is 4.79 Å². The molecule has 8 heteroatoms. The van der Waals surface area contributed by atoms with Gasteiger partial charge in [-0.25, -0.2) is 9.78 Å². The number of nitrogens with one attached hydrogen (secondary N) is 2. The lowest BCUT2D eigenvalue weighted by atomic mass is 10.3. The van der Waals surface area contributed by atoms with Crippen LogP contribution >= 0.6 is 11.3 Å². The largest absolute Gasteiger partial charge is 0.465 e. The Kier molecular flexibility index (Phi) is 6.40. The first-order chi connectivity index (χ1) is 9.49. The number of aryl methyl sites for hydroxylation is 1. The third-order valence-electron chi connectivity index (χ3n) is 2.51. The zero-order chi connectivity index (χ0) is 15.1. The molecule has 0 aliphatic heterocycles. The van der Waals surface area contributed by atoms with Gasteiger partial charge in [-0.15, -0.1) is 0 Å². The molecule has 0 fully saturated rings. The van der Waals surface area contributed by atoms with Gasteiger partial charge in [0, 0.05) is 13.7 Å². The second kappa shape index (κ2) is 7.81. The highest BCUT2D eigenvalue weighted by atomic mass is 32.1. The molecule has 20 heavy (non-hydrogen) atoms. The Balaban J connectivity index is 2.60. The van der Waals surface area contributed by atoms with Gasteiger partial charge in [-0.05, 0) is 13.8 Å². The number of carbonyl (C=O) groups is 2. The monoisotopic (exact) mass is 301 g/mol. The molecule has 1 amide bonds. The molecule has 2 N–H and O–H groups in total. The third-order valence-corrected chi connectivity index (χ3v) is 3.57. The molecule has 7 nitrogen and oxygen atoms in total. The predicted molar refractivity (Wildman–Crippen MR) is 76.2 cm³/mol. The number of thiazole rings is 1. The van der Waals surface area contributed by atoms with Gasteiger partial charge < -0.3 is 20.1 Å². The number of amides is 1. The quantitative estimate of drug-likeness (QED) is 0.572. The van der Waals surface area contributed by atoms with Crippen molar-refractivity contribution in [2.75, 3.05) is 32.7 Å². The van der Waals surface area contributed by atoms with E-state index in [-0.39, 0.29) is 5.91 Å². The lowest BCUT2D eigenvalue weighted by molar-refractivity contribution is -0.121. The molecular formula is C12H19N3O4S. The maximum Gasteiger partial charge on any atom is 0.350 e. The number of aromatic nitrogens is 1. The fourth-order valence-corrected chi connectivity index (χ4v) is 2.39. The van der Waals surface area contributed by atoms with Crippen LogP contribution in [-0.4, -0.2) is 50.3 Å². The predicted octanol–water partition coefficient (Wildman–Crippen LogP) is 0.801. The maximum absolute atomic E-state index is 11.8. The number of ether oxygens (including phenoxy) is 2. The molecule has 0 aliphatic carbocycles. The summed E-state index contributed by atoms with van der Waals surface area (Å²) in [5.74, 6) is -0.584. The van der Waals surface area contributed by atoms with Crippen molar-refractivity contribution in [2.45, 2.75) is 19.9 Å². The van der Waals surface area contributed by atoms with Crippen molar-refractivity contribution < 1.29 is 19.1 Å². The first-order valence-corrected chi connectivity index (χ1v) is 6.90. The van der Waals surface area contributed by atoms with Crippen LogP contribution in [0.3, 0.4) is 0 Å². The minimum absolute atomic E-state index is 0.158. The van der Waals surface area contributed by atoms with Gasteiger partial charge in [0.15, 0.2) is 5.13 Å². The summed E-state index contributed by atoms with van der Waals surface area (Å²) < 4.78 is 9.51. The van der Waals surface area contributed by atoms with Gasteiger partial charge in [0.2, 0.25) is 5.91 Å². The van der Waals surface area contributed by atoms with Crippen molar-refractivity contribution in [3.63, 3.8) is 0 Å². The summed E-state index contributed by atoms with van der Waals surface area (Å²) in [5.41, 5.74) is 0.580.